The number of ether oxygens (including phenoxy) is 1. The normalized spacial score (nSPS) is 23.6. The molecule has 1 rings (SSSR count). The molecular weight excluding hydrogens is 462 g/mol. The maximum Gasteiger partial charge on any atom is 0.326 e. The molecule has 0 spiro atoms. The number of amides is 2. The minimum Gasteiger partial charge on any atom is -0.480 e. The molecule has 6 N–H and O–H groups in total. The lowest BCUT2D eigenvalue weighted by atomic mass is 10.00. The van der Waals surface area contributed by atoms with Crippen molar-refractivity contribution in [2.75, 3.05) is 24.3 Å². The Labute approximate surface area is 196 Å². The number of rotatable bonds is 12. The Hall–Kier alpha value is -0.660. The number of aliphatic hydroxyl groups excluding tert-OH is 1. The molecule has 180 valence electrons. The van der Waals surface area contributed by atoms with Gasteiger partial charge in [-0.25, -0.2) is 4.79 Å². The molecule has 9 nitrogen and oxygen atoms in total. The molecule has 0 aromatic heterocycles. The van der Waals surface area contributed by atoms with Gasteiger partial charge < -0.3 is 31.3 Å². The Bertz CT molecular complexity index is 605. The van der Waals surface area contributed by atoms with Crippen molar-refractivity contribution >= 4 is 51.1 Å². The lowest BCUT2D eigenvalue weighted by molar-refractivity contribution is -0.157. The summed E-state index contributed by atoms with van der Waals surface area (Å²) in [7, 11) is 3.17. The lowest BCUT2D eigenvalue weighted by Crippen LogP contribution is -2.54. The summed E-state index contributed by atoms with van der Waals surface area (Å²) in [4.78, 5) is 36.1. The number of hydrogen-bond donors (Lipinski definition) is 5. The van der Waals surface area contributed by atoms with E-state index in [1.165, 1.54) is 22.6 Å². The van der Waals surface area contributed by atoms with E-state index in [1.807, 2.05) is 6.26 Å². The number of carboxylic acid groups (broad SMARTS) is 1. The number of hydrogen-bond acceptors (Lipinski definition) is 9. The molecule has 1 heterocycles. The van der Waals surface area contributed by atoms with Crippen LogP contribution in [0.5, 0.6) is 0 Å². The second kappa shape index (κ2) is 13.8. The first-order valence-electron chi connectivity index (χ1n) is 10.1. The SMILES string of the molecule is CSCC[C@H](NC(=O)[C@@H]1CC[C@H](O)[C@@H](CNC(=O)[C@@H](N)CSSC(C)(C)C)O1)C(=O)O. The van der Waals surface area contributed by atoms with Crippen LogP contribution in [-0.4, -0.2) is 87.4 Å². The summed E-state index contributed by atoms with van der Waals surface area (Å²) in [6.45, 7) is 6.24. The highest BCUT2D eigenvalue weighted by atomic mass is 33.1. The first-order valence-corrected chi connectivity index (χ1v) is 13.9. The summed E-state index contributed by atoms with van der Waals surface area (Å²) in [5, 5.41) is 24.7. The molecule has 1 fully saturated rings. The Balaban J connectivity index is 2.51. The minimum absolute atomic E-state index is 0.0173. The Morgan fingerprint density at radius 2 is 1.94 bits per heavy atom. The lowest BCUT2D eigenvalue weighted by Gasteiger charge is -2.34. The van der Waals surface area contributed by atoms with E-state index >= 15 is 0 Å². The van der Waals surface area contributed by atoms with Gasteiger partial charge in [0.25, 0.3) is 0 Å². The van der Waals surface area contributed by atoms with Gasteiger partial charge >= 0.3 is 5.97 Å². The van der Waals surface area contributed by atoms with E-state index in [9.17, 15) is 24.6 Å². The van der Waals surface area contributed by atoms with Crippen LogP contribution in [0.1, 0.15) is 40.0 Å². The molecule has 31 heavy (non-hydrogen) atoms. The fourth-order valence-electron chi connectivity index (χ4n) is 2.70. The first-order chi connectivity index (χ1) is 14.4. The van der Waals surface area contributed by atoms with Crippen LogP contribution in [0.4, 0.5) is 0 Å². The van der Waals surface area contributed by atoms with Crippen molar-refractivity contribution < 1.29 is 29.3 Å². The number of thioether (sulfide) groups is 1. The molecule has 0 saturated carbocycles. The monoisotopic (exact) mass is 497 g/mol. The van der Waals surface area contributed by atoms with Crippen LogP contribution in [0, 0.1) is 0 Å². The molecule has 0 unspecified atom stereocenters. The molecule has 0 aromatic carbocycles. The maximum atomic E-state index is 12.5. The number of aliphatic carboxylic acids is 1. The van der Waals surface area contributed by atoms with Gasteiger partial charge in [-0.15, -0.1) is 0 Å². The van der Waals surface area contributed by atoms with E-state index in [4.69, 9.17) is 10.5 Å². The average molecular weight is 498 g/mol. The van der Waals surface area contributed by atoms with Gasteiger partial charge in [0.1, 0.15) is 18.2 Å². The zero-order valence-corrected chi connectivity index (χ0v) is 20.9. The molecule has 2 amide bonds. The molecule has 0 bridgehead atoms. The Morgan fingerprint density at radius 3 is 2.52 bits per heavy atom. The number of nitrogens with one attached hydrogen (secondary N) is 2. The summed E-state index contributed by atoms with van der Waals surface area (Å²) in [6.07, 6.45) is 0.260. The van der Waals surface area contributed by atoms with Crippen molar-refractivity contribution in [3.05, 3.63) is 0 Å². The largest absolute Gasteiger partial charge is 0.480 e. The summed E-state index contributed by atoms with van der Waals surface area (Å²) in [5.74, 6) is -0.933. The van der Waals surface area contributed by atoms with Gasteiger partial charge in [0, 0.05) is 17.0 Å². The van der Waals surface area contributed by atoms with Gasteiger partial charge in [0.05, 0.1) is 12.1 Å². The Kier molecular flexibility index (Phi) is 12.6. The van der Waals surface area contributed by atoms with Crippen LogP contribution < -0.4 is 16.4 Å². The highest BCUT2D eigenvalue weighted by Crippen LogP contribution is 2.35. The molecule has 0 aromatic rings. The zero-order valence-electron chi connectivity index (χ0n) is 18.5. The van der Waals surface area contributed by atoms with Crippen molar-refractivity contribution in [3.63, 3.8) is 0 Å². The van der Waals surface area contributed by atoms with E-state index in [2.05, 4.69) is 31.4 Å². The van der Waals surface area contributed by atoms with Gasteiger partial charge in [-0.2, -0.15) is 11.8 Å². The second-order valence-corrected chi connectivity index (χ2v) is 12.5. The molecule has 1 aliphatic heterocycles. The van der Waals surface area contributed by atoms with Crippen molar-refractivity contribution in [2.45, 2.75) is 75.2 Å². The predicted octanol–water partition coefficient (Wildman–Crippen LogP) is 0.841. The van der Waals surface area contributed by atoms with E-state index in [-0.39, 0.29) is 23.6 Å². The van der Waals surface area contributed by atoms with Crippen LogP contribution in [0.2, 0.25) is 0 Å². The molecular formula is C19H35N3O6S3. The molecule has 0 aliphatic carbocycles. The summed E-state index contributed by atoms with van der Waals surface area (Å²) in [6, 6.07) is -1.69. The minimum atomic E-state index is -1.10. The third kappa shape index (κ3) is 11.2. The number of carboxylic acids is 1. The molecule has 0 radical (unpaired) electrons. The number of nitrogens with two attached hydrogens (primary N) is 1. The Morgan fingerprint density at radius 1 is 1.26 bits per heavy atom. The summed E-state index contributed by atoms with van der Waals surface area (Å²) < 4.78 is 5.74. The molecule has 1 saturated heterocycles. The van der Waals surface area contributed by atoms with Crippen molar-refractivity contribution in [2.24, 2.45) is 5.73 Å². The summed E-state index contributed by atoms with van der Waals surface area (Å²) >= 11 is 1.50. The first kappa shape index (κ1) is 28.4. The van der Waals surface area contributed by atoms with Gasteiger partial charge in [-0.05, 0) is 31.3 Å². The van der Waals surface area contributed by atoms with Crippen molar-refractivity contribution in [1.82, 2.24) is 10.6 Å². The fraction of sp³-hybridized carbons (Fsp3) is 0.842. The fourth-order valence-corrected chi connectivity index (χ4v) is 5.60. The van der Waals surface area contributed by atoms with E-state index in [1.54, 1.807) is 10.8 Å². The second-order valence-electron chi connectivity index (χ2n) is 8.32. The van der Waals surface area contributed by atoms with Crippen LogP contribution in [-0.2, 0) is 19.1 Å². The van der Waals surface area contributed by atoms with Gasteiger partial charge in [-0.1, -0.05) is 42.4 Å². The molecule has 12 heteroatoms. The highest BCUT2D eigenvalue weighted by molar-refractivity contribution is 8.77. The van der Waals surface area contributed by atoms with Crippen LogP contribution in [0.3, 0.4) is 0 Å². The number of carbonyl (C=O) groups is 3. The van der Waals surface area contributed by atoms with Gasteiger partial charge in [0.15, 0.2) is 0 Å². The van der Waals surface area contributed by atoms with Crippen molar-refractivity contribution in [3.8, 4) is 0 Å². The van der Waals surface area contributed by atoms with E-state index < -0.39 is 42.3 Å². The van der Waals surface area contributed by atoms with E-state index in [0.717, 1.165) is 0 Å². The highest BCUT2D eigenvalue weighted by Gasteiger charge is 2.35. The standard InChI is InChI=1S/C19H35N3O6S3/c1-19(2,3)31-30-10-11(20)16(24)21-9-15-13(23)5-6-14(28-15)17(25)22-12(18(26)27)7-8-29-4/h11-15,23H,5-10,20H2,1-4H3,(H,21,24)(H,22,25)(H,26,27)/t11-,12-,13-,14-,15+/m0/s1. The topological polar surface area (TPSA) is 151 Å². The average Bonchev–Trinajstić information content (AvgIpc) is 2.68. The quantitative estimate of drug-likeness (QED) is 0.245. The van der Waals surface area contributed by atoms with E-state index in [0.29, 0.717) is 24.3 Å². The van der Waals surface area contributed by atoms with Gasteiger partial charge in [0.2, 0.25) is 11.8 Å². The summed E-state index contributed by atoms with van der Waals surface area (Å²) in [5.41, 5.74) is 5.92. The number of carbonyl (C=O) groups excluding carboxylic acids is 2. The van der Waals surface area contributed by atoms with Crippen LogP contribution in [0.15, 0.2) is 0 Å². The zero-order chi connectivity index (χ0) is 23.6. The van der Waals surface area contributed by atoms with Gasteiger partial charge in [-0.3, -0.25) is 9.59 Å². The van der Waals surface area contributed by atoms with Crippen molar-refractivity contribution in [1.29, 1.82) is 0 Å². The third-order valence-corrected chi connectivity index (χ3v) is 8.40. The van der Waals surface area contributed by atoms with Crippen LogP contribution in [0.25, 0.3) is 0 Å². The maximum absolute atomic E-state index is 12.5. The molecule has 1 aliphatic rings. The predicted molar refractivity (Wildman–Crippen MR) is 127 cm³/mol. The molecule has 5 atom stereocenters. The third-order valence-electron chi connectivity index (χ3n) is 4.38. The van der Waals surface area contributed by atoms with Crippen LogP contribution >= 0.6 is 33.3 Å². The number of aliphatic hydroxyl groups is 1. The smallest absolute Gasteiger partial charge is 0.326 e.